The van der Waals surface area contributed by atoms with Crippen molar-refractivity contribution >= 4 is 11.6 Å². The summed E-state index contributed by atoms with van der Waals surface area (Å²) in [6.07, 6.45) is 0.886. The molecule has 1 aromatic rings. The van der Waals surface area contributed by atoms with Crippen molar-refractivity contribution < 1.29 is 4.74 Å². The third-order valence-corrected chi connectivity index (χ3v) is 2.74. The van der Waals surface area contributed by atoms with Crippen molar-refractivity contribution in [1.29, 1.82) is 0 Å². The summed E-state index contributed by atoms with van der Waals surface area (Å²) in [4.78, 5) is 0. The monoisotopic (exact) mass is 228 g/mol. The van der Waals surface area contributed by atoms with E-state index < -0.39 is 0 Å². The van der Waals surface area contributed by atoms with Crippen molar-refractivity contribution in [3.8, 4) is 5.75 Å². The second kappa shape index (κ2) is 5.95. The number of rotatable bonds is 5. The van der Waals surface area contributed by atoms with Crippen LogP contribution in [-0.4, -0.2) is 13.2 Å². The minimum atomic E-state index is 0.657. The lowest BCUT2D eigenvalue weighted by Crippen LogP contribution is -2.24. The summed E-state index contributed by atoms with van der Waals surface area (Å²) in [5.41, 5.74) is 4.67. The van der Waals surface area contributed by atoms with Gasteiger partial charge < -0.3 is 4.74 Å². The fraction of sp³-hybridized carbons (Fsp3) is 0.455. The van der Waals surface area contributed by atoms with E-state index in [4.69, 9.17) is 22.2 Å². The Morgan fingerprint density at radius 1 is 1.33 bits per heavy atom. The van der Waals surface area contributed by atoms with Crippen LogP contribution in [0.5, 0.6) is 5.75 Å². The summed E-state index contributed by atoms with van der Waals surface area (Å²) in [5, 5.41) is 0.811. The fourth-order valence-electron chi connectivity index (χ4n) is 1.35. The maximum Gasteiger partial charge on any atom is 0.119 e. The van der Waals surface area contributed by atoms with E-state index in [1.54, 1.807) is 0 Å². The maximum absolute atomic E-state index is 6.05. The summed E-state index contributed by atoms with van der Waals surface area (Å²) in [7, 11) is 0. The highest BCUT2D eigenvalue weighted by molar-refractivity contribution is 6.32. The Bertz CT molecular complexity index is 305. The van der Waals surface area contributed by atoms with E-state index in [2.05, 4.69) is 5.43 Å². The van der Waals surface area contributed by atoms with Gasteiger partial charge in [-0.2, -0.15) is 0 Å². The van der Waals surface area contributed by atoms with Crippen molar-refractivity contribution in [2.75, 3.05) is 13.2 Å². The van der Waals surface area contributed by atoms with Crippen LogP contribution >= 0.6 is 11.6 Å². The number of nitrogens with two attached hydrogens (primary N) is 1. The zero-order chi connectivity index (χ0) is 11.3. The Morgan fingerprint density at radius 2 is 1.93 bits per heavy atom. The van der Waals surface area contributed by atoms with Crippen LogP contribution in [0.2, 0.25) is 5.02 Å². The van der Waals surface area contributed by atoms with Crippen molar-refractivity contribution in [3.05, 3.63) is 28.3 Å². The molecular weight excluding hydrogens is 212 g/mol. The lowest BCUT2D eigenvalue weighted by molar-refractivity contribution is 0.308. The van der Waals surface area contributed by atoms with Crippen LogP contribution < -0.4 is 16.0 Å². The third kappa shape index (κ3) is 3.70. The van der Waals surface area contributed by atoms with Crippen LogP contribution in [-0.2, 0) is 0 Å². The molecule has 0 saturated heterocycles. The SMILES string of the molecule is Cc1cc(OCCCNN)cc(C)c1Cl. The van der Waals surface area contributed by atoms with Crippen LogP contribution in [0.1, 0.15) is 17.5 Å². The molecule has 0 saturated carbocycles. The largest absolute Gasteiger partial charge is 0.494 e. The molecule has 0 aliphatic carbocycles. The van der Waals surface area contributed by atoms with Crippen LogP contribution in [0.4, 0.5) is 0 Å². The molecular formula is C11H17ClN2O. The molecule has 0 radical (unpaired) electrons. The Hall–Kier alpha value is -0.770. The number of benzene rings is 1. The number of hydrogen-bond donors (Lipinski definition) is 2. The lowest BCUT2D eigenvalue weighted by atomic mass is 10.1. The first kappa shape index (κ1) is 12.3. The van der Waals surface area contributed by atoms with Crippen LogP contribution in [0.15, 0.2) is 12.1 Å². The summed E-state index contributed by atoms with van der Waals surface area (Å²) < 4.78 is 5.57. The van der Waals surface area contributed by atoms with Gasteiger partial charge in [0.1, 0.15) is 5.75 Å². The van der Waals surface area contributed by atoms with E-state index in [9.17, 15) is 0 Å². The number of halogens is 1. The molecule has 4 heteroatoms. The average molecular weight is 229 g/mol. The molecule has 0 atom stereocenters. The van der Waals surface area contributed by atoms with E-state index in [0.29, 0.717) is 6.61 Å². The molecule has 0 aliphatic rings. The van der Waals surface area contributed by atoms with E-state index >= 15 is 0 Å². The highest BCUT2D eigenvalue weighted by atomic mass is 35.5. The maximum atomic E-state index is 6.05. The molecule has 0 heterocycles. The first-order chi connectivity index (χ1) is 7.15. The molecule has 0 spiro atoms. The fourth-order valence-corrected chi connectivity index (χ4v) is 1.46. The van der Waals surface area contributed by atoms with E-state index in [0.717, 1.165) is 34.9 Å². The quantitative estimate of drug-likeness (QED) is 0.462. The molecule has 0 aliphatic heterocycles. The number of hydrazine groups is 1. The first-order valence-corrected chi connectivity index (χ1v) is 5.36. The molecule has 84 valence electrons. The highest BCUT2D eigenvalue weighted by Crippen LogP contribution is 2.25. The van der Waals surface area contributed by atoms with Gasteiger partial charge in [0.15, 0.2) is 0 Å². The van der Waals surface area contributed by atoms with Gasteiger partial charge in [-0.05, 0) is 43.5 Å². The molecule has 0 fully saturated rings. The van der Waals surface area contributed by atoms with Gasteiger partial charge in [-0.15, -0.1) is 0 Å². The molecule has 3 N–H and O–H groups in total. The van der Waals surface area contributed by atoms with Gasteiger partial charge in [0.25, 0.3) is 0 Å². The Labute approximate surface area is 95.5 Å². The second-order valence-electron chi connectivity index (χ2n) is 3.53. The van der Waals surface area contributed by atoms with Gasteiger partial charge in [-0.1, -0.05) is 11.6 Å². The Morgan fingerprint density at radius 3 is 2.47 bits per heavy atom. The highest BCUT2D eigenvalue weighted by Gasteiger charge is 2.02. The predicted octanol–water partition coefficient (Wildman–Crippen LogP) is 2.19. The molecule has 3 nitrogen and oxygen atoms in total. The molecule has 0 aromatic heterocycles. The second-order valence-corrected chi connectivity index (χ2v) is 3.91. The smallest absolute Gasteiger partial charge is 0.119 e. The van der Waals surface area contributed by atoms with Gasteiger partial charge >= 0.3 is 0 Å². The first-order valence-electron chi connectivity index (χ1n) is 4.98. The van der Waals surface area contributed by atoms with E-state index in [1.165, 1.54) is 0 Å². The van der Waals surface area contributed by atoms with Crippen molar-refractivity contribution in [2.24, 2.45) is 5.84 Å². The third-order valence-electron chi connectivity index (χ3n) is 2.14. The van der Waals surface area contributed by atoms with Gasteiger partial charge in [-0.3, -0.25) is 11.3 Å². The summed E-state index contributed by atoms with van der Waals surface area (Å²) >= 11 is 6.05. The van der Waals surface area contributed by atoms with Gasteiger partial charge in [0.05, 0.1) is 6.61 Å². The number of aryl methyl sites for hydroxylation is 2. The van der Waals surface area contributed by atoms with E-state index in [-0.39, 0.29) is 0 Å². The van der Waals surface area contributed by atoms with Crippen LogP contribution in [0.3, 0.4) is 0 Å². The summed E-state index contributed by atoms with van der Waals surface area (Å²) in [6, 6.07) is 3.90. The average Bonchev–Trinajstić information content (AvgIpc) is 2.21. The number of nitrogens with one attached hydrogen (secondary N) is 1. The molecule has 1 aromatic carbocycles. The van der Waals surface area contributed by atoms with Crippen molar-refractivity contribution in [3.63, 3.8) is 0 Å². The molecule has 0 unspecified atom stereocenters. The van der Waals surface area contributed by atoms with Crippen LogP contribution in [0, 0.1) is 13.8 Å². The lowest BCUT2D eigenvalue weighted by Gasteiger charge is -2.09. The minimum absolute atomic E-state index is 0.657. The van der Waals surface area contributed by atoms with E-state index in [1.807, 2.05) is 26.0 Å². The molecule has 1 rings (SSSR count). The summed E-state index contributed by atoms with van der Waals surface area (Å²) in [6.45, 7) is 5.36. The number of ether oxygens (including phenoxy) is 1. The minimum Gasteiger partial charge on any atom is -0.494 e. The standard InChI is InChI=1S/C11H17ClN2O/c1-8-6-10(7-9(2)11(8)12)15-5-3-4-14-13/h6-7,14H,3-5,13H2,1-2H3. The Kier molecular flexibility index (Phi) is 4.88. The van der Waals surface area contributed by atoms with Gasteiger partial charge in [-0.25, -0.2) is 0 Å². The molecule has 0 bridgehead atoms. The topological polar surface area (TPSA) is 47.3 Å². The summed E-state index contributed by atoms with van der Waals surface area (Å²) in [5.74, 6) is 6.02. The normalized spacial score (nSPS) is 10.4. The van der Waals surface area contributed by atoms with Crippen molar-refractivity contribution in [1.82, 2.24) is 5.43 Å². The van der Waals surface area contributed by atoms with Gasteiger partial charge in [0.2, 0.25) is 0 Å². The number of hydrogen-bond acceptors (Lipinski definition) is 3. The zero-order valence-corrected chi connectivity index (χ0v) is 9.90. The molecule has 0 amide bonds. The molecule has 15 heavy (non-hydrogen) atoms. The van der Waals surface area contributed by atoms with Gasteiger partial charge in [0, 0.05) is 11.6 Å². The van der Waals surface area contributed by atoms with Crippen molar-refractivity contribution in [2.45, 2.75) is 20.3 Å². The Balaban J connectivity index is 2.55. The van der Waals surface area contributed by atoms with Crippen LogP contribution in [0.25, 0.3) is 0 Å². The zero-order valence-electron chi connectivity index (χ0n) is 9.14. The predicted molar refractivity (Wildman–Crippen MR) is 63.2 cm³/mol.